The minimum absolute atomic E-state index is 0.0185. The molecule has 3 saturated heterocycles. The molecule has 6 amide bonds. The van der Waals surface area contributed by atoms with Crippen LogP contribution in [0.15, 0.2) is 72.8 Å². The molecule has 3 spiro atoms. The summed E-state index contributed by atoms with van der Waals surface area (Å²) in [5.74, 6) is -5.35. The van der Waals surface area contributed by atoms with Gasteiger partial charge in [0.15, 0.2) is 5.78 Å². The zero-order valence-electron chi connectivity index (χ0n) is 69.2. The van der Waals surface area contributed by atoms with Crippen molar-refractivity contribution in [3.05, 3.63) is 141 Å². The van der Waals surface area contributed by atoms with Gasteiger partial charge in [0.05, 0.1) is 99.9 Å². The minimum atomic E-state index is -3.21. The van der Waals surface area contributed by atoms with Gasteiger partial charge in [0.2, 0.25) is 17.7 Å². The number of aliphatic hydroxyl groups excluding tert-OH is 3. The van der Waals surface area contributed by atoms with Crippen LogP contribution in [0, 0.1) is 0 Å². The second-order valence-electron chi connectivity index (χ2n) is 32.9. The van der Waals surface area contributed by atoms with E-state index in [-0.39, 0.29) is 151 Å². The zero-order valence-corrected chi connectivity index (χ0v) is 70.7. The second-order valence-corrected chi connectivity index (χ2v) is 33.5. The van der Waals surface area contributed by atoms with E-state index in [9.17, 15) is 74.6 Å². The third-order valence-electron chi connectivity index (χ3n) is 22.9. The normalized spacial score (nSPS) is 17.2. The summed E-state index contributed by atoms with van der Waals surface area (Å²) >= 11 is 2.96. The number of nitrogens with zero attached hydrogens (tertiary/aromatic N) is 12. The quantitative estimate of drug-likeness (QED) is 0.0258. The van der Waals surface area contributed by atoms with Gasteiger partial charge in [0.1, 0.15) is 45.3 Å². The Morgan fingerprint density at radius 1 is 0.450 bits per heavy atom. The van der Waals surface area contributed by atoms with Crippen molar-refractivity contribution in [3.63, 3.8) is 0 Å². The number of hydrogen-bond donors (Lipinski definition) is 3. The van der Waals surface area contributed by atoms with Gasteiger partial charge in [-0.25, -0.2) is 46.9 Å². The highest BCUT2D eigenvalue weighted by atomic mass is 79.9. The topological polar surface area (TPSA) is 315 Å². The Morgan fingerprint density at radius 2 is 0.742 bits per heavy atom. The predicted octanol–water partition coefficient (Wildman–Crippen LogP) is 11.5. The van der Waals surface area contributed by atoms with Crippen LogP contribution in [0.1, 0.15) is 187 Å². The molecule has 0 bridgehead atoms. The number of para-hydroxylation sites is 3. The van der Waals surface area contributed by atoms with Crippen LogP contribution in [0.2, 0.25) is 0 Å². The number of aromatic nitrogens is 6. The average Bonchev–Trinajstić information content (AvgIpc) is 1.55. The maximum absolute atomic E-state index is 14.5. The molecule has 0 atom stereocenters. The Kier molecular flexibility index (Phi) is 29.7. The molecule has 27 nitrogen and oxygen atoms in total. The van der Waals surface area contributed by atoms with Crippen molar-refractivity contribution in [1.29, 1.82) is 0 Å². The summed E-state index contributed by atoms with van der Waals surface area (Å²) in [6.07, 6.45) is 7.00. The molecule has 9 aliphatic rings. The average molecular weight is 1740 g/mol. The number of aryl methyl sites for hydroxylation is 3. The lowest BCUT2D eigenvalue weighted by Gasteiger charge is -2.46. The number of alkyl halides is 7. The van der Waals surface area contributed by atoms with Gasteiger partial charge in [-0.05, 0) is 160 Å². The number of halogens is 7. The monoisotopic (exact) mass is 1740 g/mol. The molecule has 6 aromatic rings. The molecular formula is C86H109BrF6N12O15. The summed E-state index contributed by atoms with van der Waals surface area (Å²) < 4.78 is 105. The fraction of sp³-hybridized carbons (Fsp3) is 0.581. The van der Waals surface area contributed by atoms with E-state index in [0.717, 1.165) is 108 Å². The molecule has 6 aliphatic heterocycles. The summed E-state index contributed by atoms with van der Waals surface area (Å²) in [5.41, 5.74) is 7.37. The number of aliphatic hydroxyl groups is 3. The van der Waals surface area contributed by atoms with Crippen molar-refractivity contribution in [2.24, 2.45) is 0 Å². The number of imidazole rings is 3. The van der Waals surface area contributed by atoms with Gasteiger partial charge in [0.25, 0.3) is 11.8 Å². The van der Waals surface area contributed by atoms with Crippen LogP contribution < -0.4 is 14.7 Å². The first kappa shape index (κ1) is 91.2. The Bertz CT molecular complexity index is 4540. The number of anilines is 3. The molecule has 15 rings (SSSR count). The lowest BCUT2D eigenvalue weighted by atomic mass is 9.75. The summed E-state index contributed by atoms with van der Waals surface area (Å²) in [6.45, 7) is 10.2. The van der Waals surface area contributed by atoms with Crippen molar-refractivity contribution < 1.29 is 99.0 Å². The van der Waals surface area contributed by atoms with Crippen LogP contribution in [-0.2, 0) is 137 Å². The number of carbonyl (C=O) groups is 9. The van der Waals surface area contributed by atoms with Crippen molar-refractivity contribution in [2.45, 2.75) is 243 Å². The molecule has 9 heterocycles. The van der Waals surface area contributed by atoms with Gasteiger partial charge in [-0.2, -0.15) is 0 Å². The molecule has 0 unspecified atom stereocenters. The molecule has 0 saturated carbocycles. The highest BCUT2D eigenvalue weighted by molar-refractivity contribution is 9.09. The van der Waals surface area contributed by atoms with Gasteiger partial charge in [-0.15, -0.1) is 0 Å². The van der Waals surface area contributed by atoms with Gasteiger partial charge in [-0.3, -0.25) is 37.5 Å². The fourth-order valence-corrected chi connectivity index (χ4v) is 17.4. The van der Waals surface area contributed by atoms with E-state index in [0.29, 0.717) is 66.3 Å². The van der Waals surface area contributed by atoms with Crippen molar-refractivity contribution in [2.75, 3.05) is 92.5 Å². The number of likely N-dealkylation sites (tertiary alicyclic amines) is 3. The molecule has 3 aliphatic carbocycles. The van der Waals surface area contributed by atoms with Gasteiger partial charge in [0, 0.05) is 119 Å². The van der Waals surface area contributed by atoms with Crippen molar-refractivity contribution in [3.8, 4) is 0 Å². The standard InChI is InChI=1S/2C26H31F3N4O3.C26H32N4O5.C4H7BrO2.C4H8O2/c2*1-17(2)36-24(35)31-14-25(15-31)18-7-3-5-9-20(18)32(23(25)34)13-22-30-19-8-4-6-10-21(19)33(22)16-26(28,29)11-12-27;1-17(2)35-25(34)28-15-26(16-28)19-7-3-5-9-21(19)30(24(26)33)14-23-27-20-8-4-6-10-22(20)29(23)13-18(32)11-12-31;5-3-4(7)1-2-6;1-4(6)2-3-5/h2*3,5,7,9,17H,4,6,8,10-16H2,1-2H3;3,5,7,9,17,31H,4,6,8,10-16H2,1-2H3;6H,1-3H2;5H,2-3H2,1H3. The number of Topliss-reactive ketones (excluding diaryl/α,β-unsaturated/α-hetero) is 3. The Morgan fingerprint density at radius 3 is 1.02 bits per heavy atom. The minimum Gasteiger partial charge on any atom is -0.447 e. The van der Waals surface area contributed by atoms with Crippen LogP contribution >= 0.6 is 15.9 Å². The molecule has 120 heavy (non-hydrogen) atoms. The SMILES string of the molecule is CC(=O)CCO.CC(C)OC(=O)N1CC2(C1)C(=O)N(Cc1nc3c(n1CC(=O)CCO)CCCC3)c1ccccc12.CC(C)OC(=O)N1CC2(C1)C(=O)N(Cc1nc3c(n1CC(F)(F)CCF)CCCC3)c1ccccc12.CC(C)OC(=O)N1CC2(C1)C(=O)N(Cc1nc3c(n1CC(F)(F)CCF)CCCC3)c1ccccc12.O=C(CBr)CCO. The van der Waals surface area contributed by atoms with E-state index in [2.05, 4.69) is 15.9 Å². The largest absolute Gasteiger partial charge is 0.447 e. The van der Waals surface area contributed by atoms with E-state index in [4.69, 9.17) is 39.4 Å². The summed E-state index contributed by atoms with van der Waals surface area (Å²) in [4.78, 5) is 135. The third kappa shape index (κ3) is 19.8. The smallest absolute Gasteiger partial charge is 0.410 e. The molecule has 652 valence electrons. The van der Waals surface area contributed by atoms with Gasteiger partial charge < -0.3 is 72.6 Å². The Hall–Kier alpha value is -9.54. The molecule has 3 aromatic heterocycles. The highest BCUT2D eigenvalue weighted by Gasteiger charge is 2.63. The summed E-state index contributed by atoms with van der Waals surface area (Å²) in [7, 11) is 0. The number of benzene rings is 3. The second kappa shape index (κ2) is 39.1. The molecule has 34 heteroatoms. The van der Waals surface area contributed by atoms with E-state index < -0.39 is 85.7 Å². The predicted molar refractivity (Wildman–Crippen MR) is 435 cm³/mol. The maximum Gasteiger partial charge on any atom is 0.410 e. The maximum atomic E-state index is 14.5. The first-order valence-corrected chi connectivity index (χ1v) is 42.5. The number of rotatable bonds is 26. The number of ether oxygens (including phenoxy) is 3. The third-order valence-corrected chi connectivity index (χ3v) is 23.5. The number of fused-ring (bicyclic) bond motifs is 9. The molecular weight excluding hydrogens is 1630 g/mol. The first-order valence-electron chi connectivity index (χ1n) is 41.3. The lowest BCUT2D eigenvalue weighted by Crippen LogP contribution is -2.65. The molecule has 3 aromatic carbocycles. The number of carbonyl (C=O) groups excluding carboxylic acids is 9. The van der Waals surface area contributed by atoms with Crippen LogP contribution in [0.25, 0.3) is 0 Å². The fourth-order valence-electron chi connectivity index (χ4n) is 17.2. The van der Waals surface area contributed by atoms with Crippen molar-refractivity contribution >= 4 is 86.3 Å². The van der Waals surface area contributed by atoms with E-state index in [1.54, 1.807) is 61.1 Å². The highest BCUT2D eigenvalue weighted by Crippen LogP contribution is 2.52. The van der Waals surface area contributed by atoms with Crippen molar-refractivity contribution in [1.82, 2.24) is 43.4 Å². The van der Waals surface area contributed by atoms with Crippen LogP contribution in [-0.4, -0.2) is 220 Å². The van der Waals surface area contributed by atoms with E-state index in [1.165, 1.54) is 25.9 Å². The van der Waals surface area contributed by atoms with Gasteiger partial charge in [-0.1, -0.05) is 70.5 Å². The first-order chi connectivity index (χ1) is 57.2. The van der Waals surface area contributed by atoms with Crippen LogP contribution in [0.4, 0.5) is 57.8 Å². The number of amides is 6. The molecule has 3 N–H and O–H groups in total. The number of hydrogen-bond acceptors (Lipinski definition) is 18. The van der Waals surface area contributed by atoms with E-state index in [1.807, 2.05) is 77.4 Å². The summed E-state index contributed by atoms with van der Waals surface area (Å²) in [6, 6.07) is 22.5. The molecule has 0 radical (unpaired) electrons. The number of ketones is 3. The molecule has 3 fully saturated rings. The Balaban J connectivity index is 0.000000163. The zero-order chi connectivity index (χ0) is 86.8. The van der Waals surface area contributed by atoms with Crippen LogP contribution in [0.5, 0.6) is 0 Å². The van der Waals surface area contributed by atoms with Gasteiger partial charge >= 0.3 is 18.3 Å². The summed E-state index contributed by atoms with van der Waals surface area (Å²) in [5, 5.41) is 25.7. The Labute approximate surface area is 702 Å². The lowest BCUT2D eigenvalue weighted by molar-refractivity contribution is -0.129. The van der Waals surface area contributed by atoms with E-state index >= 15 is 0 Å². The van der Waals surface area contributed by atoms with Crippen LogP contribution in [0.3, 0.4) is 0 Å².